The minimum absolute atomic E-state index is 0.148. The maximum absolute atomic E-state index is 12.2. The number of aromatic amines is 1. The molecule has 0 bridgehead atoms. The molecule has 104 valence electrons. The van der Waals surface area contributed by atoms with Crippen molar-refractivity contribution in [1.82, 2.24) is 14.8 Å². The number of pyridine rings is 1. The third kappa shape index (κ3) is 3.44. The van der Waals surface area contributed by atoms with Crippen LogP contribution in [0.4, 0.5) is 0 Å². The zero-order valence-electron chi connectivity index (χ0n) is 11.6. The Morgan fingerprint density at radius 1 is 1.42 bits per heavy atom. The van der Waals surface area contributed by atoms with Crippen molar-refractivity contribution in [3.8, 4) is 0 Å². The van der Waals surface area contributed by atoms with Gasteiger partial charge in [-0.05, 0) is 32.9 Å². The maximum Gasteiger partial charge on any atom is 0.259 e. The SMILES string of the molecule is CN(C)CC1CCN(C(=O)c2c[nH]ccc2=O)CC1. The van der Waals surface area contributed by atoms with Gasteiger partial charge < -0.3 is 14.8 Å². The van der Waals surface area contributed by atoms with Gasteiger partial charge in [0.05, 0.1) is 0 Å². The van der Waals surface area contributed by atoms with E-state index in [0.29, 0.717) is 5.92 Å². The van der Waals surface area contributed by atoms with Crippen molar-refractivity contribution >= 4 is 5.91 Å². The molecule has 5 heteroatoms. The van der Waals surface area contributed by atoms with Gasteiger partial charge >= 0.3 is 0 Å². The summed E-state index contributed by atoms with van der Waals surface area (Å²) < 4.78 is 0. The topological polar surface area (TPSA) is 56.4 Å². The van der Waals surface area contributed by atoms with Crippen molar-refractivity contribution in [2.24, 2.45) is 5.92 Å². The lowest BCUT2D eigenvalue weighted by molar-refractivity contribution is 0.0676. The Hall–Kier alpha value is -1.62. The van der Waals surface area contributed by atoms with Crippen LogP contribution in [0.25, 0.3) is 0 Å². The van der Waals surface area contributed by atoms with Crippen LogP contribution in [-0.4, -0.2) is 54.4 Å². The molecule has 1 amide bonds. The van der Waals surface area contributed by atoms with Crippen molar-refractivity contribution in [3.63, 3.8) is 0 Å². The van der Waals surface area contributed by atoms with Gasteiger partial charge in [-0.25, -0.2) is 0 Å². The lowest BCUT2D eigenvalue weighted by Gasteiger charge is -2.33. The van der Waals surface area contributed by atoms with Gasteiger partial charge in [0, 0.05) is 38.1 Å². The zero-order valence-corrected chi connectivity index (χ0v) is 11.6. The summed E-state index contributed by atoms with van der Waals surface area (Å²) in [5.41, 5.74) is 0.0349. The molecule has 0 unspecified atom stereocenters. The van der Waals surface area contributed by atoms with Crippen LogP contribution >= 0.6 is 0 Å². The van der Waals surface area contributed by atoms with Crippen LogP contribution in [0.15, 0.2) is 23.3 Å². The zero-order chi connectivity index (χ0) is 13.8. The Kier molecular flexibility index (Phi) is 4.37. The summed E-state index contributed by atoms with van der Waals surface area (Å²) in [6.07, 6.45) is 5.06. The molecule has 1 aromatic heterocycles. The summed E-state index contributed by atoms with van der Waals surface area (Å²) in [6.45, 7) is 2.55. The Balaban J connectivity index is 1.97. The summed E-state index contributed by atoms with van der Waals surface area (Å²) in [5, 5.41) is 0. The van der Waals surface area contributed by atoms with E-state index in [-0.39, 0.29) is 16.9 Å². The number of rotatable bonds is 3. The Labute approximate surface area is 113 Å². The third-order valence-corrected chi connectivity index (χ3v) is 3.58. The monoisotopic (exact) mass is 263 g/mol. The average Bonchev–Trinajstić information content (AvgIpc) is 2.39. The lowest BCUT2D eigenvalue weighted by atomic mass is 9.96. The molecule has 1 saturated heterocycles. The second kappa shape index (κ2) is 6.02. The first-order valence-corrected chi connectivity index (χ1v) is 6.69. The fraction of sp³-hybridized carbons (Fsp3) is 0.571. The van der Waals surface area contributed by atoms with E-state index < -0.39 is 0 Å². The number of carbonyl (C=O) groups is 1. The van der Waals surface area contributed by atoms with Gasteiger partial charge in [0.2, 0.25) is 0 Å². The number of hydrogen-bond donors (Lipinski definition) is 1. The van der Waals surface area contributed by atoms with Gasteiger partial charge in [0.1, 0.15) is 5.56 Å². The van der Waals surface area contributed by atoms with E-state index in [2.05, 4.69) is 24.0 Å². The van der Waals surface area contributed by atoms with Crippen molar-refractivity contribution in [2.45, 2.75) is 12.8 Å². The summed E-state index contributed by atoms with van der Waals surface area (Å²) >= 11 is 0. The highest BCUT2D eigenvalue weighted by Crippen LogP contribution is 2.18. The highest BCUT2D eigenvalue weighted by atomic mass is 16.2. The minimum atomic E-state index is -0.209. The molecule has 1 fully saturated rings. The first-order valence-electron chi connectivity index (χ1n) is 6.69. The predicted octanol–water partition coefficient (Wildman–Crippen LogP) is 0.789. The molecule has 0 atom stereocenters. The summed E-state index contributed by atoms with van der Waals surface area (Å²) in [4.78, 5) is 30.7. The second-order valence-electron chi connectivity index (χ2n) is 5.42. The molecule has 0 aliphatic carbocycles. The number of amides is 1. The number of nitrogens with zero attached hydrogens (tertiary/aromatic N) is 2. The molecule has 0 radical (unpaired) electrons. The van der Waals surface area contributed by atoms with E-state index in [9.17, 15) is 9.59 Å². The Morgan fingerprint density at radius 2 is 2.11 bits per heavy atom. The molecule has 0 spiro atoms. The van der Waals surface area contributed by atoms with Crippen molar-refractivity contribution < 1.29 is 4.79 Å². The molecule has 1 N–H and O–H groups in total. The number of H-pyrrole nitrogens is 1. The largest absolute Gasteiger partial charge is 0.367 e. The standard InChI is InChI=1S/C14H21N3O2/c1-16(2)10-11-4-7-17(8-5-11)14(19)12-9-15-6-3-13(12)18/h3,6,9,11H,4-5,7-8,10H2,1-2H3,(H,15,18). The van der Waals surface area contributed by atoms with Crippen molar-refractivity contribution in [1.29, 1.82) is 0 Å². The maximum atomic E-state index is 12.2. The highest BCUT2D eigenvalue weighted by Gasteiger charge is 2.24. The fourth-order valence-electron chi connectivity index (χ4n) is 2.59. The lowest BCUT2D eigenvalue weighted by Crippen LogP contribution is -2.42. The van der Waals surface area contributed by atoms with Gasteiger partial charge in [-0.2, -0.15) is 0 Å². The van der Waals surface area contributed by atoms with Gasteiger partial charge in [-0.15, -0.1) is 0 Å². The number of nitrogens with one attached hydrogen (secondary N) is 1. The Bertz CT molecular complexity index is 487. The van der Waals surface area contributed by atoms with E-state index in [1.165, 1.54) is 12.3 Å². The number of hydrogen-bond acceptors (Lipinski definition) is 3. The number of aromatic nitrogens is 1. The normalized spacial score (nSPS) is 16.9. The van der Waals surface area contributed by atoms with Crippen LogP contribution in [0, 0.1) is 5.92 Å². The van der Waals surface area contributed by atoms with E-state index >= 15 is 0 Å². The first kappa shape index (κ1) is 13.8. The smallest absolute Gasteiger partial charge is 0.259 e. The molecule has 1 aliphatic rings. The van der Waals surface area contributed by atoms with Crippen LogP contribution in [-0.2, 0) is 0 Å². The van der Waals surface area contributed by atoms with Crippen molar-refractivity contribution in [3.05, 3.63) is 34.2 Å². The van der Waals surface area contributed by atoms with Crippen LogP contribution in [0.5, 0.6) is 0 Å². The number of likely N-dealkylation sites (tertiary alicyclic amines) is 1. The third-order valence-electron chi connectivity index (χ3n) is 3.58. The van der Waals surface area contributed by atoms with E-state index in [4.69, 9.17) is 0 Å². The average molecular weight is 263 g/mol. The quantitative estimate of drug-likeness (QED) is 0.877. The summed E-state index contributed by atoms with van der Waals surface area (Å²) in [5.74, 6) is 0.498. The second-order valence-corrected chi connectivity index (χ2v) is 5.42. The van der Waals surface area contributed by atoms with Crippen LogP contribution in [0.2, 0.25) is 0 Å². The Morgan fingerprint density at radius 3 is 2.68 bits per heavy atom. The van der Waals surface area contributed by atoms with Gasteiger partial charge in [-0.1, -0.05) is 0 Å². The number of carbonyl (C=O) groups excluding carboxylic acids is 1. The van der Waals surface area contributed by atoms with E-state index in [1.807, 2.05) is 0 Å². The number of piperidine rings is 1. The molecule has 1 aliphatic heterocycles. The molecule has 0 aromatic carbocycles. The molecular weight excluding hydrogens is 242 g/mol. The van der Waals surface area contributed by atoms with Crippen LogP contribution in [0.3, 0.4) is 0 Å². The van der Waals surface area contributed by atoms with E-state index in [1.54, 1.807) is 11.1 Å². The van der Waals surface area contributed by atoms with Gasteiger partial charge in [-0.3, -0.25) is 9.59 Å². The summed E-state index contributed by atoms with van der Waals surface area (Å²) in [6, 6.07) is 1.39. The molecule has 1 aromatic rings. The highest BCUT2D eigenvalue weighted by molar-refractivity contribution is 5.93. The fourth-order valence-corrected chi connectivity index (χ4v) is 2.59. The molecule has 5 nitrogen and oxygen atoms in total. The summed E-state index contributed by atoms with van der Waals surface area (Å²) in [7, 11) is 4.14. The van der Waals surface area contributed by atoms with Gasteiger partial charge in [0.15, 0.2) is 5.43 Å². The molecule has 2 heterocycles. The van der Waals surface area contributed by atoms with Crippen LogP contribution in [0.1, 0.15) is 23.2 Å². The molecule has 19 heavy (non-hydrogen) atoms. The molecule has 0 saturated carbocycles. The van der Waals surface area contributed by atoms with Crippen LogP contribution < -0.4 is 5.43 Å². The van der Waals surface area contributed by atoms with Crippen molar-refractivity contribution in [2.75, 3.05) is 33.7 Å². The molecular formula is C14H21N3O2. The van der Waals surface area contributed by atoms with E-state index in [0.717, 1.165) is 32.5 Å². The first-order chi connectivity index (χ1) is 9.08. The van der Waals surface area contributed by atoms with Gasteiger partial charge in [0.25, 0.3) is 5.91 Å². The molecule has 2 rings (SSSR count). The predicted molar refractivity (Wildman–Crippen MR) is 74.2 cm³/mol. The minimum Gasteiger partial charge on any atom is -0.367 e.